The number of hydrogen-bond acceptors (Lipinski definition) is 5. The van der Waals surface area contributed by atoms with Gasteiger partial charge >= 0.3 is 0 Å². The number of carbonyl (C=O) groups is 2. The van der Waals surface area contributed by atoms with Gasteiger partial charge in [-0.05, 0) is 43.0 Å². The molecule has 0 spiro atoms. The zero-order chi connectivity index (χ0) is 19.8. The first kappa shape index (κ1) is 19.9. The van der Waals surface area contributed by atoms with Crippen molar-refractivity contribution in [3.63, 3.8) is 0 Å². The summed E-state index contributed by atoms with van der Waals surface area (Å²) < 4.78 is 16.0. The summed E-state index contributed by atoms with van der Waals surface area (Å²) in [5.74, 6) is 1.03. The second-order valence-electron chi connectivity index (χ2n) is 6.97. The first-order valence-electron chi connectivity index (χ1n) is 9.42. The summed E-state index contributed by atoms with van der Waals surface area (Å²) in [5, 5.41) is 5.83. The van der Waals surface area contributed by atoms with E-state index in [1.165, 1.54) is 7.11 Å². The molecule has 2 amide bonds. The fourth-order valence-corrected chi connectivity index (χ4v) is 3.56. The molecule has 0 unspecified atom stereocenters. The quantitative estimate of drug-likeness (QED) is 0.689. The monoisotopic (exact) mass is 386 g/mol. The smallest absolute Gasteiger partial charge is 0.246 e. The molecule has 2 aromatic rings. The third kappa shape index (κ3) is 5.60. The topological polar surface area (TPSA) is 89.8 Å². The van der Waals surface area contributed by atoms with Gasteiger partial charge in [0.05, 0.1) is 25.3 Å². The van der Waals surface area contributed by atoms with Gasteiger partial charge in [0.1, 0.15) is 18.1 Å². The number of ether oxygens (including phenoxy) is 2. The molecule has 1 aromatic heterocycles. The molecule has 7 heteroatoms. The lowest BCUT2D eigenvalue weighted by molar-refractivity contribution is -0.128. The fourth-order valence-electron chi connectivity index (χ4n) is 3.56. The van der Waals surface area contributed by atoms with E-state index in [4.69, 9.17) is 13.9 Å². The number of hydrogen-bond donors (Lipinski definition) is 2. The molecule has 7 nitrogen and oxygen atoms in total. The van der Waals surface area contributed by atoms with Crippen molar-refractivity contribution in [1.29, 1.82) is 0 Å². The minimum atomic E-state index is -0.319. The van der Waals surface area contributed by atoms with Crippen molar-refractivity contribution in [3.8, 4) is 5.75 Å². The van der Waals surface area contributed by atoms with E-state index in [0.717, 1.165) is 5.75 Å². The highest BCUT2D eigenvalue weighted by atomic mass is 16.5. The summed E-state index contributed by atoms with van der Waals surface area (Å²) in [7, 11) is 1.47. The number of carbonyl (C=O) groups excluding carboxylic acids is 2. The maximum atomic E-state index is 12.7. The molecular weight excluding hydrogens is 360 g/mol. The van der Waals surface area contributed by atoms with E-state index in [2.05, 4.69) is 10.6 Å². The van der Waals surface area contributed by atoms with Gasteiger partial charge in [-0.3, -0.25) is 9.59 Å². The molecule has 3 atom stereocenters. The Morgan fingerprint density at radius 2 is 1.96 bits per heavy atom. The van der Waals surface area contributed by atoms with Crippen LogP contribution < -0.4 is 15.4 Å². The average molecular weight is 386 g/mol. The van der Waals surface area contributed by atoms with E-state index in [1.807, 2.05) is 36.4 Å². The maximum absolute atomic E-state index is 12.7. The second-order valence-corrected chi connectivity index (χ2v) is 6.97. The molecule has 1 aliphatic carbocycles. The van der Waals surface area contributed by atoms with E-state index >= 15 is 0 Å². The van der Waals surface area contributed by atoms with Crippen LogP contribution in [0.15, 0.2) is 53.1 Å². The molecule has 1 heterocycles. The lowest BCUT2D eigenvalue weighted by atomic mass is 10.0. The normalized spacial score (nSPS) is 21.2. The molecular formula is C21H26N2O5. The highest BCUT2D eigenvalue weighted by Gasteiger charge is 2.39. The van der Waals surface area contributed by atoms with E-state index in [9.17, 15) is 9.59 Å². The summed E-state index contributed by atoms with van der Waals surface area (Å²) in [6, 6.07) is 12.9. The molecule has 3 rings (SSSR count). The Balaban J connectivity index is 1.58. The van der Waals surface area contributed by atoms with Crippen molar-refractivity contribution in [2.45, 2.75) is 25.4 Å². The van der Waals surface area contributed by atoms with Crippen molar-refractivity contribution >= 4 is 11.8 Å². The zero-order valence-corrected chi connectivity index (χ0v) is 15.9. The molecule has 1 aromatic carbocycles. The number of nitrogens with one attached hydrogen (secondary N) is 2. The predicted octanol–water partition coefficient (Wildman–Crippen LogP) is 2.13. The van der Waals surface area contributed by atoms with Gasteiger partial charge in [0.15, 0.2) is 0 Å². The molecule has 1 aliphatic rings. The number of amides is 2. The highest BCUT2D eigenvalue weighted by Crippen LogP contribution is 2.32. The van der Waals surface area contributed by atoms with E-state index in [0.29, 0.717) is 31.8 Å². The van der Waals surface area contributed by atoms with Gasteiger partial charge in [-0.1, -0.05) is 18.2 Å². The Labute approximate surface area is 164 Å². The summed E-state index contributed by atoms with van der Waals surface area (Å²) >= 11 is 0. The molecule has 150 valence electrons. The number of furan rings is 1. The van der Waals surface area contributed by atoms with E-state index in [-0.39, 0.29) is 36.3 Å². The molecule has 0 bridgehead atoms. The summed E-state index contributed by atoms with van der Waals surface area (Å²) in [6.07, 6.45) is 2.90. The number of rotatable bonds is 9. The van der Waals surface area contributed by atoms with Crippen molar-refractivity contribution in [3.05, 3.63) is 54.5 Å². The van der Waals surface area contributed by atoms with Crippen molar-refractivity contribution in [1.82, 2.24) is 10.6 Å². The minimum absolute atomic E-state index is 0.0254. The zero-order valence-electron chi connectivity index (χ0n) is 15.9. The standard InChI is InChI=1S/C21H26N2O5/c1-26-14-20(24)23-19-11-15(13-28-16-6-3-2-4-7-16)10-18(19)21(25)22-12-17-8-5-9-27-17/h2-9,15,18-19H,10-14H2,1H3,(H,22,25)(H,23,24)/t15-,18-,19-/m1/s1. The van der Waals surface area contributed by atoms with Gasteiger partial charge in [0, 0.05) is 13.2 Å². The van der Waals surface area contributed by atoms with Crippen LogP contribution in [0.3, 0.4) is 0 Å². The third-order valence-corrected chi connectivity index (χ3v) is 4.86. The van der Waals surface area contributed by atoms with Crippen LogP contribution in [-0.2, 0) is 20.9 Å². The van der Waals surface area contributed by atoms with Crippen LogP contribution >= 0.6 is 0 Å². The Bertz CT molecular complexity index is 747. The largest absolute Gasteiger partial charge is 0.493 e. The van der Waals surface area contributed by atoms with Gasteiger partial charge < -0.3 is 24.5 Å². The van der Waals surface area contributed by atoms with Crippen LogP contribution in [0.4, 0.5) is 0 Å². The Morgan fingerprint density at radius 3 is 2.68 bits per heavy atom. The summed E-state index contributed by atoms with van der Waals surface area (Å²) in [4.78, 5) is 24.7. The molecule has 0 radical (unpaired) electrons. The van der Waals surface area contributed by atoms with Crippen molar-refractivity contribution in [2.75, 3.05) is 20.3 Å². The molecule has 0 aliphatic heterocycles. The van der Waals surface area contributed by atoms with E-state index in [1.54, 1.807) is 12.3 Å². The SMILES string of the molecule is COCC(=O)N[C@@H]1C[C@H](COc2ccccc2)C[C@H]1C(=O)NCc1ccco1. The molecule has 28 heavy (non-hydrogen) atoms. The first-order valence-corrected chi connectivity index (χ1v) is 9.42. The Morgan fingerprint density at radius 1 is 1.14 bits per heavy atom. The third-order valence-electron chi connectivity index (χ3n) is 4.86. The number of methoxy groups -OCH3 is 1. The summed E-state index contributed by atoms with van der Waals surface area (Å²) in [5.41, 5.74) is 0. The first-order chi connectivity index (χ1) is 13.7. The Hall–Kier alpha value is -2.80. The highest BCUT2D eigenvalue weighted by molar-refractivity contribution is 5.82. The van der Waals surface area contributed by atoms with Crippen molar-refractivity contribution in [2.24, 2.45) is 11.8 Å². The van der Waals surface area contributed by atoms with Gasteiger partial charge in [-0.25, -0.2) is 0 Å². The fraction of sp³-hybridized carbons (Fsp3) is 0.429. The number of benzene rings is 1. The van der Waals surface area contributed by atoms with E-state index < -0.39 is 0 Å². The van der Waals surface area contributed by atoms with Crippen LogP contribution in [0.1, 0.15) is 18.6 Å². The van der Waals surface area contributed by atoms with Crippen LogP contribution in [0.2, 0.25) is 0 Å². The summed E-state index contributed by atoms with van der Waals surface area (Å²) in [6.45, 7) is 0.803. The van der Waals surface area contributed by atoms with Crippen molar-refractivity contribution < 1.29 is 23.5 Å². The van der Waals surface area contributed by atoms with Crippen LogP contribution in [0.25, 0.3) is 0 Å². The van der Waals surface area contributed by atoms with Crippen LogP contribution in [0.5, 0.6) is 5.75 Å². The Kier molecular flexibility index (Phi) is 7.08. The molecule has 2 N–H and O–H groups in total. The molecule has 1 fully saturated rings. The second kappa shape index (κ2) is 9.94. The van der Waals surface area contributed by atoms with Gasteiger partial charge in [0.25, 0.3) is 0 Å². The number of para-hydroxylation sites is 1. The van der Waals surface area contributed by atoms with Gasteiger partial charge in [-0.15, -0.1) is 0 Å². The lowest BCUT2D eigenvalue weighted by Gasteiger charge is -2.20. The minimum Gasteiger partial charge on any atom is -0.493 e. The molecule has 1 saturated carbocycles. The van der Waals surface area contributed by atoms with Gasteiger partial charge in [-0.2, -0.15) is 0 Å². The maximum Gasteiger partial charge on any atom is 0.246 e. The van der Waals surface area contributed by atoms with Gasteiger partial charge in [0.2, 0.25) is 11.8 Å². The molecule has 0 saturated heterocycles. The van der Waals surface area contributed by atoms with Crippen LogP contribution in [-0.4, -0.2) is 38.2 Å². The van der Waals surface area contributed by atoms with Crippen LogP contribution in [0, 0.1) is 11.8 Å². The average Bonchev–Trinajstić information content (AvgIpc) is 3.35. The lowest BCUT2D eigenvalue weighted by Crippen LogP contribution is -2.44. The predicted molar refractivity (Wildman–Crippen MR) is 103 cm³/mol.